The van der Waals surface area contributed by atoms with Crippen molar-refractivity contribution >= 4 is 27.8 Å². The van der Waals surface area contributed by atoms with Gasteiger partial charge in [-0.05, 0) is 68.1 Å². The maximum Gasteiger partial charge on any atom is 0.410 e. The van der Waals surface area contributed by atoms with Crippen LogP contribution in [0.5, 0.6) is 0 Å². The van der Waals surface area contributed by atoms with E-state index in [1.165, 1.54) is 0 Å². The fraction of sp³-hybridized carbons (Fsp3) is 0.625. The van der Waals surface area contributed by atoms with Gasteiger partial charge in [0.15, 0.2) is 0 Å². The first-order valence-corrected chi connectivity index (χ1v) is 8.40. The van der Waals surface area contributed by atoms with Crippen molar-refractivity contribution in [2.45, 2.75) is 52.2 Å². The maximum atomic E-state index is 12.2. The Hall–Kier alpha value is -1.30. The Balaban J connectivity index is 1.95. The van der Waals surface area contributed by atoms with Gasteiger partial charge in [-0.3, -0.25) is 0 Å². The zero-order chi connectivity index (χ0) is 16.3. The van der Waals surface area contributed by atoms with E-state index in [2.05, 4.69) is 26.2 Å². The number of amides is 1. The molecular formula is C16H24BrN3O2. The van der Waals surface area contributed by atoms with Gasteiger partial charge in [-0.1, -0.05) is 0 Å². The van der Waals surface area contributed by atoms with E-state index in [-0.39, 0.29) is 12.1 Å². The van der Waals surface area contributed by atoms with Gasteiger partial charge in [0.25, 0.3) is 0 Å². The van der Waals surface area contributed by atoms with E-state index in [4.69, 9.17) is 4.74 Å². The van der Waals surface area contributed by atoms with Gasteiger partial charge in [-0.15, -0.1) is 0 Å². The number of aromatic nitrogens is 1. The fourth-order valence-electron chi connectivity index (χ4n) is 2.41. The van der Waals surface area contributed by atoms with Crippen LogP contribution >= 0.6 is 15.9 Å². The van der Waals surface area contributed by atoms with Crippen molar-refractivity contribution in [3.8, 4) is 0 Å². The summed E-state index contributed by atoms with van der Waals surface area (Å²) in [6.45, 7) is 9.09. The summed E-state index contributed by atoms with van der Waals surface area (Å²) >= 11 is 3.45. The van der Waals surface area contributed by atoms with Crippen molar-refractivity contribution in [1.82, 2.24) is 9.88 Å². The lowest BCUT2D eigenvalue weighted by molar-refractivity contribution is 0.0206. The van der Waals surface area contributed by atoms with Crippen molar-refractivity contribution in [2.75, 3.05) is 18.4 Å². The number of likely N-dealkylation sites (tertiary alicyclic amines) is 1. The highest BCUT2D eigenvalue weighted by atomic mass is 79.9. The summed E-state index contributed by atoms with van der Waals surface area (Å²) < 4.78 is 6.45. The third-order valence-electron chi connectivity index (χ3n) is 3.47. The highest BCUT2D eigenvalue weighted by Crippen LogP contribution is 2.21. The molecule has 0 spiro atoms. The van der Waals surface area contributed by atoms with Crippen molar-refractivity contribution < 1.29 is 9.53 Å². The van der Waals surface area contributed by atoms with Gasteiger partial charge in [0.2, 0.25) is 0 Å². The number of halogens is 1. The standard InChI is InChI=1S/C16H24BrN3O2/c1-11-8-14(18-9-13(11)17)19-12-6-5-7-20(10-12)15(21)22-16(2,3)4/h8-9,12H,5-7,10H2,1-4H3,(H,18,19)/t12-/m1/s1. The van der Waals surface area contributed by atoms with E-state index in [1.807, 2.05) is 33.8 Å². The summed E-state index contributed by atoms with van der Waals surface area (Å²) in [5.41, 5.74) is 0.680. The third-order valence-corrected chi connectivity index (χ3v) is 4.30. The summed E-state index contributed by atoms with van der Waals surface area (Å²) in [5.74, 6) is 0.844. The van der Waals surface area contributed by atoms with Gasteiger partial charge in [0.05, 0.1) is 0 Å². The number of nitrogens with zero attached hydrogens (tertiary/aromatic N) is 2. The molecule has 22 heavy (non-hydrogen) atoms. The summed E-state index contributed by atoms with van der Waals surface area (Å²) in [4.78, 5) is 18.3. The average Bonchev–Trinajstić information content (AvgIpc) is 2.41. The molecule has 1 amide bonds. The predicted molar refractivity (Wildman–Crippen MR) is 91.1 cm³/mol. The minimum atomic E-state index is -0.457. The van der Waals surface area contributed by atoms with Crippen molar-refractivity contribution in [2.24, 2.45) is 0 Å². The maximum absolute atomic E-state index is 12.2. The Morgan fingerprint density at radius 3 is 2.86 bits per heavy atom. The zero-order valence-electron chi connectivity index (χ0n) is 13.6. The Morgan fingerprint density at radius 2 is 2.23 bits per heavy atom. The molecule has 1 aromatic heterocycles. The van der Waals surface area contributed by atoms with Gasteiger partial charge in [-0.25, -0.2) is 9.78 Å². The fourth-order valence-corrected chi connectivity index (χ4v) is 2.63. The summed E-state index contributed by atoms with van der Waals surface area (Å²) in [6, 6.07) is 2.21. The SMILES string of the molecule is Cc1cc(N[C@@H]2CCCN(C(=O)OC(C)(C)C)C2)ncc1Br. The highest BCUT2D eigenvalue weighted by molar-refractivity contribution is 9.10. The molecule has 5 nitrogen and oxygen atoms in total. The van der Waals surface area contributed by atoms with E-state index in [0.717, 1.165) is 35.2 Å². The number of pyridine rings is 1. The number of nitrogens with one attached hydrogen (secondary N) is 1. The van der Waals surface area contributed by atoms with Gasteiger partial charge in [0, 0.05) is 29.8 Å². The van der Waals surface area contributed by atoms with E-state index < -0.39 is 5.60 Å². The predicted octanol–water partition coefficient (Wildman–Crippen LogP) is 3.96. The van der Waals surface area contributed by atoms with E-state index in [9.17, 15) is 4.79 Å². The summed E-state index contributed by atoms with van der Waals surface area (Å²) in [5, 5.41) is 3.42. The number of piperidine rings is 1. The van der Waals surface area contributed by atoms with Crippen molar-refractivity contribution in [1.29, 1.82) is 0 Å². The Labute approximate surface area is 140 Å². The molecule has 2 rings (SSSR count). The van der Waals surface area contributed by atoms with Crippen molar-refractivity contribution in [3.05, 3.63) is 22.3 Å². The van der Waals surface area contributed by atoms with Crippen LogP contribution < -0.4 is 5.32 Å². The quantitative estimate of drug-likeness (QED) is 0.856. The second-order valence-corrected chi connectivity index (χ2v) is 7.58. The molecule has 1 aliphatic rings. The van der Waals surface area contributed by atoms with Crippen LogP contribution in [0.4, 0.5) is 10.6 Å². The van der Waals surface area contributed by atoms with E-state index in [0.29, 0.717) is 6.54 Å². The Morgan fingerprint density at radius 1 is 1.50 bits per heavy atom. The molecule has 0 bridgehead atoms. The number of carbonyl (C=O) groups excluding carboxylic acids is 1. The molecule has 1 aliphatic heterocycles. The normalized spacial score (nSPS) is 19.0. The van der Waals surface area contributed by atoms with Crippen LogP contribution in [-0.4, -0.2) is 40.7 Å². The molecule has 2 heterocycles. The molecule has 0 aliphatic carbocycles. The number of rotatable bonds is 2. The smallest absolute Gasteiger partial charge is 0.410 e. The molecule has 0 saturated carbocycles. The minimum Gasteiger partial charge on any atom is -0.444 e. The Kier molecular flexibility index (Phi) is 5.32. The van der Waals surface area contributed by atoms with Crippen LogP contribution in [0, 0.1) is 6.92 Å². The number of hydrogen-bond acceptors (Lipinski definition) is 4. The zero-order valence-corrected chi connectivity index (χ0v) is 15.2. The van der Waals surface area contributed by atoms with Crippen LogP contribution in [0.15, 0.2) is 16.7 Å². The Bertz CT molecular complexity index is 543. The topological polar surface area (TPSA) is 54.5 Å². The van der Waals surface area contributed by atoms with Gasteiger partial charge in [-0.2, -0.15) is 0 Å². The lowest BCUT2D eigenvalue weighted by Gasteiger charge is -2.34. The third kappa shape index (κ3) is 4.87. The van der Waals surface area contributed by atoms with Crippen LogP contribution in [0.25, 0.3) is 0 Å². The van der Waals surface area contributed by atoms with Gasteiger partial charge in [0.1, 0.15) is 11.4 Å². The number of anilines is 1. The molecule has 6 heteroatoms. The highest BCUT2D eigenvalue weighted by Gasteiger charge is 2.27. The van der Waals surface area contributed by atoms with E-state index in [1.54, 1.807) is 11.1 Å². The molecule has 1 fully saturated rings. The molecule has 0 aromatic carbocycles. The molecule has 0 unspecified atom stereocenters. The average molecular weight is 370 g/mol. The number of hydrogen-bond donors (Lipinski definition) is 1. The number of ether oxygens (including phenoxy) is 1. The monoisotopic (exact) mass is 369 g/mol. The molecule has 1 atom stereocenters. The first-order chi connectivity index (χ1) is 10.2. The lowest BCUT2D eigenvalue weighted by atomic mass is 10.1. The van der Waals surface area contributed by atoms with E-state index >= 15 is 0 Å². The summed E-state index contributed by atoms with van der Waals surface area (Å²) in [6.07, 6.45) is 3.55. The minimum absolute atomic E-state index is 0.203. The van der Waals surface area contributed by atoms with Crippen LogP contribution in [0.2, 0.25) is 0 Å². The van der Waals surface area contributed by atoms with Crippen molar-refractivity contribution in [3.63, 3.8) is 0 Å². The van der Waals surface area contributed by atoms with Crippen LogP contribution in [0.3, 0.4) is 0 Å². The molecule has 1 N–H and O–H groups in total. The summed E-state index contributed by atoms with van der Waals surface area (Å²) in [7, 11) is 0. The van der Waals surface area contributed by atoms with Crippen LogP contribution in [-0.2, 0) is 4.74 Å². The van der Waals surface area contributed by atoms with Crippen LogP contribution in [0.1, 0.15) is 39.2 Å². The van der Waals surface area contributed by atoms with Gasteiger partial charge >= 0.3 is 6.09 Å². The molecule has 122 valence electrons. The van der Waals surface area contributed by atoms with Gasteiger partial charge < -0.3 is 15.0 Å². The lowest BCUT2D eigenvalue weighted by Crippen LogP contribution is -2.47. The molecule has 1 aromatic rings. The molecule has 1 saturated heterocycles. The first kappa shape index (κ1) is 17.1. The number of aryl methyl sites for hydroxylation is 1. The number of carbonyl (C=O) groups is 1. The molecular weight excluding hydrogens is 346 g/mol. The first-order valence-electron chi connectivity index (χ1n) is 7.61. The second kappa shape index (κ2) is 6.86. The molecule has 0 radical (unpaired) electrons. The second-order valence-electron chi connectivity index (χ2n) is 6.73. The largest absolute Gasteiger partial charge is 0.444 e.